The highest BCUT2D eigenvalue weighted by Gasteiger charge is 2.49. The van der Waals surface area contributed by atoms with Gasteiger partial charge in [0.15, 0.2) is 0 Å². The van der Waals surface area contributed by atoms with Crippen molar-refractivity contribution in [3.05, 3.63) is 29.8 Å². The number of rotatable bonds is 4. The van der Waals surface area contributed by atoms with Crippen molar-refractivity contribution < 1.29 is 9.59 Å². The van der Waals surface area contributed by atoms with E-state index in [1.807, 2.05) is 13.8 Å². The molecule has 2 fully saturated rings. The van der Waals surface area contributed by atoms with Gasteiger partial charge in [-0.15, -0.1) is 12.4 Å². The van der Waals surface area contributed by atoms with Crippen LogP contribution in [0.25, 0.3) is 0 Å². The van der Waals surface area contributed by atoms with E-state index in [-0.39, 0.29) is 42.2 Å². The minimum atomic E-state index is -0.104. The first-order valence-corrected chi connectivity index (χ1v) is 8.43. The molecule has 4 unspecified atom stereocenters. The van der Waals surface area contributed by atoms with Crippen LogP contribution in [0.3, 0.4) is 0 Å². The normalized spacial score (nSPS) is 27.7. The Labute approximate surface area is 149 Å². The molecule has 5 nitrogen and oxygen atoms in total. The highest BCUT2D eigenvalue weighted by Crippen LogP contribution is 2.47. The van der Waals surface area contributed by atoms with Crippen LogP contribution in [0.15, 0.2) is 24.3 Å². The third-order valence-corrected chi connectivity index (χ3v) is 5.12. The van der Waals surface area contributed by atoms with Gasteiger partial charge in [0.2, 0.25) is 5.91 Å². The second-order valence-electron chi connectivity index (χ2n) is 7.13. The van der Waals surface area contributed by atoms with E-state index in [1.54, 1.807) is 24.3 Å². The summed E-state index contributed by atoms with van der Waals surface area (Å²) in [6.07, 6.45) is 3.37. The maximum Gasteiger partial charge on any atom is 0.251 e. The Morgan fingerprint density at radius 1 is 1.12 bits per heavy atom. The number of fused-ring (bicyclic) bond motifs is 2. The molecule has 2 bridgehead atoms. The molecule has 2 aliphatic carbocycles. The summed E-state index contributed by atoms with van der Waals surface area (Å²) >= 11 is 0. The lowest BCUT2D eigenvalue weighted by Crippen LogP contribution is -2.42. The number of anilines is 1. The number of nitrogens with one attached hydrogen (secondary N) is 2. The fourth-order valence-corrected chi connectivity index (χ4v) is 4.00. The van der Waals surface area contributed by atoms with Crippen molar-refractivity contribution in [1.82, 2.24) is 5.32 Å². The molecular weight excluding hydrogens is 326 g/mol. The molecule has 4 atom stereocenters. The summed E-state index contributed by atoms with van der Waals surface area (Å²) in [4.78, 5) is 24.4. The zero-order chi connectivity index (χ0) is 16.6. The van der Waals surface area contributed by atoms with E-state index >= 15 is 0 Å². The number of nitrogens with two attached hydrogens (primary N) is 1. The number of hydrogen-bond donors (Lipinski definition) is 3. The Morgan fingerprint density at radius 2 is 1.75 bits per heavy atom. The highest BCUT2D eigenvalue weighted by atomic mass is 35.5. The van der Waals surface area contributed by atoms with Gasteiger partial charge in [-0.05, 0) is 69.2 Å². The summed E-state index contributed by atoms with van der Waals surface area (Å²) in [5, 5.41) is 5.80. The summed E-state index contributed by atoms with van der Waals surface area (Å²) in [6, 6.07) is 7.09. The van der Waals surface area contributed by atoms with Gasteiger partial charge >= 0.3 is 0 Å². The zero-order valence-corrected chi connectivity index (χ0v) is 14.9. The SMILES string of the molecule is CC(C)NC(=O)c1ccc(NC(=O)C2C3CCC(C3)C2N)cc1.Cl. The van der Waals surface area contributed by atoms with E-state index in [1.165, 1.54) is 0 Å². The summed E-state index contributed by atoms with van der Waals surface area (Å²) in [5.41, 5.74) is 7.52. The first-order valence-electron chi connectivity index (χ1n) is 8.43. The van der Waals surface area contributed by atoms with E-state index < -0.39 is 0 Å². The molecule has 6 heteroatoms. The molecule has 24 heavy (non-hydrogen) atoms. The minimum Gasteiger partial charge on any atom is -0.350 e. The summed E-state index contributed by atoms with van der Waals surface area (Å²) in [7, 11) is 0. The van der Waals surface area contributed by atoms with Crippen molar-refractivity contribution in [2.24, 2.45) is 23.5 Å². The summed E-state index contributed by atoms with van der Waals surface area (Å²) < 4.78 is 0. The van der Waals surface area contributed by atoms with E-state index in [4.69, 9.17) is 5.73 Å². The van der Waals surface area contributed by atoms with Crippen LogP contribution in [0.5, 0.6) is 0 Å². The van der Waals surface area contributed by atoms with Crippen LogP contribution in [0.2, 0.25) is 0 Å². The molecule has 2 saturated carbocycles. The molecule has 132 valence electrons. The van der Waals surface area contributed by atoms with Crippen molar-refractivity contribution in [3.63, 3.8) is 0 Å². The average Bonchev–Trinajstić information content (AvgIpc) is 3.08. The lowest BCUT2D eigenvalue weighted by molar-refractivity contribution is -0.121. The van der Waals surface area contributed by atoms with Crippen molar-refractivity contribution in [3.8, 4) is 0 Å². The second kappa shape index (κ2) is 7.53. The molecule has 0 spiro atoms. The van der Waals surface area contributed by atoms with Crippen LogP contribution in [0.1, 0.15) is 43.5 Å². The predicted molar refractivity (Wildman–Crippen MR) is 97.2 cm³/mol. The van der Waals surface area contributed by atoms with E-state index in [0.717, 1.165) is 19.3 Å². The highest BCUT2D eigenvalue weighted by molar-refractivity contribution is 5.96. The zero-order valence-electron chi connectivity index (χ0n) is 14.1. The van der Waals surface area contributed by atoms with Crippen molar-refractivity contribution in [2.75, 3.05) is 5.32 Å². The number of amides is 2. The van der Waals surface area contributed by atoms with Crippen LogP contribution in [-0.4, -0.2) is 23.9 Å². The van der Waals surface area contributed by atoms with Gasteiger partial charge in [-0.3, -0.25) is 9.59 Å². The van der Waals surface area contributed by atoms with E-state index in [9.17, 15) is 9.59 Å². The maximum absolute atomic E-state index is 12.5. The molecule has 0 heterocycles. The Morgan fingerprint density at radius 3 is 2.29 bits per heavy atom. The Bertz CT molecular complexity index is 601. The number of halogens is 1. The maximum atomic E-state index is 12.5. The molecule has 0 aromatic heterocycles. The monoisotopic (exact) mass is 351 g/mol. The molecule has 3 rings (SSSR count). The quantitative estimate of drug-likeness (QED) is 0.779. The molecule has 1 aromatic rings. The van der Waals surface area contributed by atoms with E-state index in [0.29, 0.717) is 23.1 Å². The van der Waals surface area contributed by atoms with Crippen LogP contribution in [0.4, 0.5) is 5.69 Å². The number of carbonyl (C=O) groups excluding carboxylic acids is 2. The summed E-state index contributed by atoms with van der Waals surface area (Å²) in [5.74, 6) is 0.790. The molecule has 2 aliphatic rings. The Hall–Kier alpha value is -1.59. The van der Waals surface area contributed by atoms with Gasteiger partial charge in [-0.25, -0.2) is 0 Å². The Kier molecular flexibility index (Phi) is 5.88. The predicted octanol–water partition coefficient (Wildman–Crippen LogP) is 2.56. The number of hydrogen-bond acceptors (Lipinski definition) is 3. The van der Waals surface area contributed by atoms with E-state index in [2.05, 4.69) is 10.6 Å². The van der Waals surface area contributed by atoms with Gasteiger partial charge in [0, 0.05) is 23.3 Å². The van der Waals surface area contributed by atoms with Crippen molar-refractivity contribution >= 4 is 29.9 Å². The Balaban J connectivity index is 0.00000208. The van der Waals surface area contributed by atoms with Crippen LogP contribution < -0.4 is 16.4 Å². The van der Waals surface area contributed by atoms with Gasteiger partial charge in [0.05, 0.1) is 5.92 Å². The molecule has 1 aromatic carbocycles. The van der Waals surface area contributed by atoms with Crippen LogP contribution in [0, 0.1) is 17.8 Å². The molecule has 0 aliphatic heterocycles. The third-order valence-electron chi connectivity index (χ3n) is 5.12. The summed E-state index contributed by atoms with van der Waals surface area (Å²) in [6.45, 7) is 3.84. The average molecular weight is 352 g/mol. The van der Waals surface area contributed by atoms with Crippen LogP contribution >= 0.6 is 12.4 Å². The largest absolute Gasteiger partial charge is 0.350 e. The van der Waals surface area contributed by atoms with Crippen molar-refractivity contribution in [2.45, 2.75) is 45.2 Å². The molecule has 2 amide bonds. The lowest BCUT2D eigenvalue weighted by atomic mass is 9.84. The minimum absolute atomic E-state index is 0. The lowest BCUT2D eigenvalue weighted by Gasteiger charge is -2.27. The smallest absolute Gasteiger partial charge is 0.251 e. The standard InChI is InChI=1S/C18H25N3O2.ClH/c1-10(2)20-17(22)11-5-7-14(8-6-11)21-18(23)15-12-3-4-13(9-12)16(15)19;/h5-8,10,12-13,15-16H,3-4,9,19H2,1-2H3,(H,20,22)(H,21,23);1H. The fraction of sp³-hybridized carbons (Fsp3) is 0.556. The van der Waals surface area contributed by atoms with Gasteiger partial charge in [0.1, 0.15) is 0 Å². The third kappa shape index (κ3) is 3.73. The van der Waals surface area contributed by atoms with Crippen molar-refractivity contribution in [1.29, 1.82) is 0 Å². The van der Waals surface area contributed by atoms with Gasteiger partial charge in [-0.1, -0.05) is 0 Å². The van der Waals surface area contributed by atoms with Gasteiger partial charge in [0.25, 0.3) is 5.91 Å². The van der Waals surface area contributed by atoms with Crippen LogP contribution in [-0.2, 0) is 4.79 Å². The molecular formula is C18H26ClN3O2. The first kappa shape index (κ1) is 18.7. The fourth-order valence-electron chi connectivity index (χ4n) is 4.00. The van der Waals surface area contributed by atoms with Gasteiger partial charge < -0.3 is 16.4 Å². The number of carbonyl (C=O) groups is 2. The van der Waals surface area contributed by atoms with Gasteiger partial charge in [-0.2, -0.15) is 0 Å². The molecule has 4 N–H and O–H groups in total. The topological polar surface area (TPSA) is 84.2 Å². The molecule has 0 radical (unpaired) electrons. The second-order valence-corrected chi connectivity index (χ2v) is 7.13. The number of benzene rings is 1. The molecule has 0 saturated heterocycles. The first-order chi connectivity index (χ1) is 11.0.